The van der Waals surface area contributed by atoms with Gasteiger partial charge in [-0.2, -0.15) is 0 Å². The standard InChI is InChI=1S/C20H19F2N3O3S2/c1-11-7-8-17(12(2)9-11)30(27,28)25-20-24-13(3)18(29-20)19(26)23-10-14-15(21)5-4-6-16(14)22/h4-9H,10H2,1-3H3,(H,23,26)(H,24,25). The van der Waals surface area contributed by atoms with Crippen LogP contribution >= 0.6 is 11.3 Å². The van der Waals surface area contributed by atoms with Crippen LogP contribution in [0.5, 0.6) is 0 Å². The first-order valence-corrected chi connectivity index (χ1v) is 11.2. The predicted octanol–water partition coefficient (Wildman–Crippen LogP) is 4.08. The first-order chi connectivity index (χ1) is 14.1. The van der Waals surface area contributed by atoms with Crippen LogP contribution in [0.1, 0.15) is 32.1 Å². The SMILES string of the molecule is Cc1ccc(S(=O)(=O)Nc2nc(C)c(C(=O)NCc3c(F)cccc3F)s2)c(C)c1. The van der Waals surface area contributed by atoms with Gasteiger partial charge in [-0.25, -0.2) is 22.2 Å². The predicted molar refractivity (Wildman–Crippen MR) is 111 cm³/mol. The normalized spacial score (nSPS) is 11.4. The zero-order valence-electron chi connectivity index (χ0n) is 16.4. The maximum absolute atomic E-state index is 13.7. The Morgan fingerprint density at radius 1 is 1.10 bits per heavy atom. The third kappa shape index (κ3) is 4.65. The van der Waals surface area contributed by atoms with Gasteiger partial charge < -0.3 is 5.32 Å². The van der Waals surface area contributed by atoms with Crippen molar-refractivity contribution in [3.05, 3.63) is 75.3 Å². The number of anilines is 1. The second-order valence-corrected chi connectivity index (χ2v) is 9.34. The van der Waals surface area contributed by atoms with Crippen molar-refractivity contribution in [2.75, 3.05) is 4.72 Å². The minimum Gasteiger partial charge on any atom is -0.347 e. The number of nitrogens with zero attached hydrogens (tertiary/aromatic N) is 1. The van der Waals surface area contributed by atoms with Crippen molar-refractivity contribution in [3.63, 3.8) is 0 Å². The molecule has 0 unspecified atom stereocenters. The van der Waals surface area contributed by atoms with Crippen LogP contribution < -0.4 is 10.0 Å². The highest BCUT2D eigenvalue weighted by molar-refractivity contribution is 7.93. The number of thiazole rings is 1. The van der Waals surface area contributed by atoms with Crippen molar-refractivity contribution >= 4 is 32.4 Å². The number of halogens is 2. The first-order valence-electron chi connectivity index (χ1n) is 8.87. The van der Waals surface area contributed by atoms with Crippen LogP contribution in [0.25, 0.3) is 0 Å². The molecule has 0 aliphatic rings. The van der Waals surface area contributed by atoms with E-state index in [-0.39, 0.29) is 27.0 Å². The molecule has 158 valence electrons. The number of amides is 1. The fourth-order valence-corrected chi connectivity index (χ4v) is 5.22. The second kappa shape index (κ2) is 8.49. The molecule has 0 saturated carbocycles. The lowest BCUT2D eigenvalue weighted by Gasteiger charge is -2.08. The van der Waals surface area contributed by atoms with Gasteiger partial charge in [0.1, 0.15) is 16.5 Å². The topological polar surface area (TPSA) is 88.2 Å². The average Bonchev–Trinajstić information content (AvgIpc) is 3.00. The van der Waals surface area contributed by atoms with Crippen molar-refractivity contribution in [1.82, 2.24) is 10.3 Å². The lowest BCUT2D eigenvalue weighted by atomic mass is 10.2. The van der Waals surface area contributed by atoms with Crippen LogP contribution in [-0.2, 0) is 16.6 Å². The highest BCUT2D eigenvalue weighted by atomic mass is 32.2. The molecule has 0 aliphatic carbocycles. The first kappa shape index (κ1) is 21.8. The molecule has 2 aromatic carbocycles. The van der Waals surface area contributed by atoms with Crippen LogP contribution in [0, 0.1) is 32.4 Å². The van der Waals surface area contributed by atoms with Gasteiger partial charge >= 0.3 is 0 Å². The van der Waals surface area contributed by atoms with Crippen LogP contribution in [0.4, 0.5) is 13.9 Å². The molecule has 3 rings (SSSR count). The number of rotatable bonds is 6. The molecule has 6 nitrogen and oxygen atoms in total. The van der Waals surface area contributed by atoms with Crippen LogP contribution in [0.15, 0.2) is 41.3 Å². The van der Waals surface area contributed by atoms with Crippen molar-refractivity contribution in [2.24, 2.45) is 0 Å². The minimum absolute atomic E-state index is 0.0229. The Balaban J connectivity index is 1.77. The molecule has 2 N–H and O–H groups in total. The highest BCUT2D eigenvalue weighted by Gasteiger charge is 2.22. The number of nitrogens with one attached hydrogen (secondary N) is 2. The number of hydrogen-bond donors (Lipinski definition) is 2. The van der Waals surface area contributed by atoms with Crippen LogP contribution in [-0.4, -0.2) is 19.3 Å². The summed E-state index contributed by atoms with van der Waals surface area (Å²) in [4.78, 5) is 16.8. The number of benzene rings is 2. The molecular formula is C20H19F2N3O3S2. The quantitative estimate of drug-likeness (QED) is 0.591. The largest absolute Gasteiger partial charge is 0.347 e. The van der Waals surface area contributed by atoms with Gasteiger partial charge in [0.2, 0.25) is 0 Å². The molecule has 10 heteroatoms. The van der Waals surface area contributed by atoms with E-state index in [0.29, 0.717) is 11.3 Å². The van der Waals surface area contributed by atoms with Gasteiger partial charge in [0, 0.05) is 12.1 Å². The van der Waals surface area contributed by atoms with E-state index in [1.807, 2.05) is 6.92 Å². The van der Waals surface area contributed by atoms with Crippen molar-refractivity contribution in [3.8, 4) is 0 Å². The summed E-state index contributed by atoms with van der Waals surface area (Å²) in [5, 5.41) is 2.46. The fraction of sp³-hybridized carbons (Fsp3) is 0.200. The van der Waals surface area contributed by atoms with Crippen molar-refractivity contribution in [1.29, 1.82) is 0 Å². The number of aryl methyl sites for hydroxylation is 3. The zero-order valence-corrected chi connectivity index (χ0v) is 18.0. The van der Waals surface area contributed by atoms with E-state index in [0.717, 1.165) is 29.0 Å². The van der Waals surface area contributed by atoms with E-state index < -0.39 is 27.6 Å². The summed E-state index contributed by atoms with van der Waals surface area (Å²) in [6, 6.07) is 8.38. The Morgan fingerprint density at radius 2 is 1.77 bits per heavy atom. The van der Waals surface area contributed by atoms with Crippen molar-refractivity contribution < 1.29 is 22.0 Å². The molecule has 0 saturated heterocycles. The average molecular weight is 452 g/mol. The lowest BCUT2D eigenvalue weighted by Crippen LogP contribution is -2.23. The maximum Gasteiger partial charge on any atom is 0.263 e. The number of hydrogen-bond acceptors (Lipinski definition) is 5. The maximum atomic E-state index is 13.7. The van der Waals surface area contributed by atoms with Gasteiger partial charge in [-0.15, -0.1) is 0 Å². The summed E-state index contributed by atoms with van der Waals surface area (Å²) in [5.41, 5.74) is 1.55. The van der Waals surface area contributed by atoms with Crippen LogP contribution in [0.3, 0.4) is 0 Å². The van der Waals surface area contributed by atoms with E-state index in [9.17, 15) is 22.0 Å². The van der Waals surface area contributed by atoms with E-state index in [2.05, 4.69) is 15.0 Å². The summed E-state index contributed by atoms with van der Waals surface area (Å²) in [6.07, 6.45) is 0. The van der Waals surface area contributed by atoms with Crippen LogP contribution in [0.2, 0.25) is 0 Å². The summed E-state index contributed by atoms with van der Waals surface area (Å²) in [6.45, 7) is 4.75. The van der Waals surface area contributed by atoms with Gasteiger partial charge in [-0.3, -0.25) is 9.52 Å². The highest BCUT2D eigenvalue weighted by Crippen LogP contribution is 2.26. The third-order valence-electron chi connectivity index (χ3n) is 4.33. The van der Waals surface area contributed by atoms with Gasteiger partial charge in [0.25, 0.3) is 15.9 Å². The number of carbonyl (C=O) groups is 1. The molecule has 0 bridgehead atoms. The molecule has 0 spiro atoms. The fourth-order valence-electron chi connectivity index (χ4n) is 2.87. The smallest absolute Gasteiger partial charge is 0.263 e. The summed E-state index contributed by atoms with van der Waals surface area (Å²) >= 11 is 0.841. The van der Waals surface area contributed by atoms with E-state index in [1.54, 1.807) is 26.0 Å². The summed E-state index contributed by atoms with van der Waals surface area (Å²) in [7, 11) is -3.89. The molecule has 1 heterocycles. The Morgan fingerprint density at radius 3 is 2.40 bits per heavy atom. The zero-order chi connectivity index (χ0) is 22.1. The number of carbonyl (C=O) groups excluding carboxylic acids is 1. The number of sulfonamides is 1. The Labute approximate surface area is 177 Å². The summed E-state index contributed by atoms with van der Waals surface area (Å²) in [5.74, 6) is -2.14. The van der Waals surface area contributed by atoms with Gasteiger partial charge in [0.15, 0.2) is 5.13 Å². The molecule has 1 amide bonds. The molecule has 0 atom stereocenters. The van der Waals surface area contributed by atoms with E-state index in [4.69, 9.17) is 0 Å². The number of aromatic nitrogens is 1. The van der Waals surface area contributed by atoms with Gasteiger partial charge in [0.05, 0.1) is 10.6 Å². The summed E-state index contributed by atoms with van der Waals surface area (Å²) < 4.78 is 55.2. The molecule has 1 aromatic heterocycles. The Bertz CT molecular complexity index is 1200. The third-order valence-corrected chi connectivity index (χ3v) is 7.03. The minimum atomic E-state index is -3.89. The molecular weight excluding hydrogens is 432 g/mol. The van der Waals surface area contributed by atoms with Gasteiger partial charge in [-0.1, -0.05) is 35.1 Å². The molecule has 0 radical (unpaired) electrons. The molecule has 3 aromatic rings. The van der Waals surface area contributed by atoms with E-state index in [1.165, 1.54) is 12.1 Å². The molecule has 30 heavy (non-hydrogen) atoms. The van der Waals surface area contributed by atoms with Crippen molar-refractivity contribution in [2.45, 2.75) is 32.2 Å². The van der Waals surface area contributed by atoms with E-state index >= 15 is 0 Å². The Hall–Kier alpha value is -2.85. The Kier molecular flexibility index (Phi) is 6.18. The monoisotopic (exact) mass is 451 g/mol. The molecule has 0 fully saturated rings. The molecule has 0 aliphatic heterocycles. The lowest BCUT2D eigenvalue weighted by molar-refractivity contribution is 0.0953. The van der Waals surface area contributed by atoms with Gasteiger partial charge in [-0.05, 0) is 44.5 Å². The second-order valence-electron chi connectivity index (χ2n) is 6.69.